The van der Waals surface area contributed by atoms with Gasteiger partial charge in [-0.05, 0) is 0 Å². The minimum absolute atomic E-state index is 0.0787. The smallest absolute Gasteiger partial charge is 0.244 e. The Kier molecular flexibility index (Phi) is 3.47. The minimum atomic E-state index is 0.0787. The Bertz CT molecular complexity index is 357. The van der Waals surface area contributed by atoms with Crippen LogP contribution in [0.4, 0.5) is 0 Å². The van der Waals surface area contributed by atoms with Crippen molar-refractivity contribution in [2.45, 2.75) is 13.1 Å². The van der Waals surface area contributed by atoms with Gasteiger partial charge in [0.05, 0.1) is 6.54 Å². The summed E-state index contributed by atoms with van der Waals surface area (Å²) in [4.78, 5) is 17.7. The summed E-state index contributed by atoms with van der Waals surface area (Å²) in [6, 6.07) is 0. The highest BCUT2D eigenvalue weighted by atomic mass is 16.2. The summed E-state index contributed by atoms with van der Waals surface area (Å²) in [5.74, 6) is 0.642. The number of nitrogens with one attached hydrogen (secondary N) is 1. The molecule has 0 spiro atoms. The van der Waals surface area contributed by atoms with Crippen LogP contribution in [0, 0.1) is 0 Å². The van der Waals surface area contributed by atoms with Crippen LogP contribution in [-0.2, 0) is 17.9 Å². The quantitative estimate of drug-likeness (QED) is 0.630. The molecule has 1 aliphatic heterocycles. The van der Waals surface area contributed by atoms with Gasteiger partial charge in [0.2, 0.25) is 5.91 Å². The van der Waals surface area contributed by atoms with Gasteiger partial charge in [0.25, 0.3) is 0 Å². The molecular formula is C9H16N6O. The van der Waals surface area contributed by atoms with Gasteiger partial charge >= 0.3 is 0 Å². The van der Waals surface area contributed by atoms with Crippen molar-refractivity contribution >= 4 is 5.91 Å². The van der Waals surface area contributed by atoms with Crippen LogP contribution >= 0.6 is 0 Å². The van der Waals surface area contributed by atoms with Crippen molar-refractivity contribution in [1.29, 1.82) is 0 Å². The molecule has 0 atom stereocenters. The van der Waals surface area contributed by atoms with E-state index in [1.165, 1.54) is 4.68 Å². The largest absolute Gasteiger partial charge is 0.339 e. The first-order valence-electron chi connectivity index (χ1n) is 5.36. The second-order valence-corrected chi connectivity index (χ2v) is 3.69. The van der Waals surface area contributed by atoms with Crippen LogP contribution in [-0.4, -0.2) is 51.8 Å². The van der Waals surface area contributed by atoms with E-state index in [-0.39, 0.29) is 12.5 Å². The molecule has 1 fully saturated rings. The van der Waals surface area contributed by atoms with Crippen molar-refractivity contribution in [2.24, 2.45) is 5.73 Å². The predicted octanol–water partition coefficient (Wildman–Crippen LogP) is -1.83. The highest BCUT2D eigenvalue weighted by Crippen LogP contribution is 1.96. The van der Waals surface area contributed by atoms with Crippen LogP contribution in [0.15, 0.2) is 6.33 Å². The predicted molar refractivity (Wildman–Crippen MR) is 57.4 cm³/mol. The highest BCUT2D eigenvalue weighted by molar-refractivity contribution is 5.76. The number of nitrogens with zero attached hydrogens (tertiary/aromatic N) is 4. The number of carbonyl (C=O) groups is 1. The van der Waals surface area contributed by atoms with Gasteiger partial charge in [-0.3, -0.25) is 4.79 Å². The Morgan fingerprint density at radius 1 is 1.50 bits per heavy atom. The Hall–Kier alpha value is -1.47. The fraction of sp³-hybridized carbons (Fsp3) is 0.667. The summed E-state index contributed by atoms with van der Waals surface area (Å²) in [6.07, 6.45) is 1.54. The molecule has 7 heteroatoms. The highest BCUT2D eigenvalue weighted by Gasteiger charge is 2.16. The average molecular weight is 224 g/mol. The van der Waals surface area contributed by atoms with E-state index in [1.54, 1.807) is 6.33 Å². The van der Waals surface area contributed by atoms with Crippen molar-refractivity contribution in [1.82, 2.24) is 25.0 Å². The standard InChI is InChI=1S/C9H16N6O/c10-5-8-12-7-15(13-8)6-9(16)14-3-1-11-2-4-14/h7,11H,1-6,10H2. The topological polar surface area (TPSA) is 89.1 Å². The lowest BCUT2D eigenvalue weighted by Crippen LogP contribution is -2.47. The molecule has 0 radical (unpaired) electrons. The number of rotatable bonds is 3. The van der Waals surface area contributed by atoms with Crippen molar-refractivity contribution in [3.05, 3.63) is 12.2 Å². The van der Waals surface area contributed by atoms with Gasteiger partial charge in [-0.2, -0.15) is 5.10 Å². The molecule has 1 aliphatic rings. The van der Waals surface area contributed by atoms with Gasteiger partial charge in [-0.25, -0.2) is 9.67 Å². The molecule has 1 saturated heterocycles. The molecule has 7 nitrogen and oxygen atoms in total. The molecule has 0 saturated carbocycles. The van der Waals surface area contributed by atoms with E-state index < -0.39 is 0 Å². The molecule has 88 valence electrons. The van der Waals surface area contributed by atoms with Gasteiger partial charge in [0.1, 0.15) is 12.9 Å². The second kappa shape index (κ2) is 5.04. The van der Waals surface area contributed by atoms with Crippen LogP contribution in [0.25, 0.3) is 0 Å². The zero-order valence-corrected chi connectivity index (χ0v) is 9.09. The lowest BCUT2D eigenvalue weighted by molar-refractivity contribution is -0.132. The Labute approximate surface area is 93.6 Å². The minimum Gasteiger partial charge on any atom is -0.339 e. The summed E-state index contributed by atoms with van der Waals surface area (Å²) >= 11 is 0. The van der Waals surface area contributed by atoms with Crippen LogP contribution in [0.1, 0.15) is 5.82 Å². The molecule has 0 unspecified atom stereocenters. The summed E-state index contributed by atoms with van der Waals surface area (Å²) in [6.45, 7) is 3.78. The van der Waals surface area contributed by atoms with Gasteiger partial charge in [0, 0.05) is 26.2 Å². The Morgan fingerprint density at radius 3 is 2.88 bits per heavy atom. The average Bonchev–Trinajstić information content (AvgIpc) is 2.78. The number of piperazine rings is 1. The molecule has 0 aromatic carbocycles. The van der Waals surface area contributed by atoms with Crippen LogP contribution in [0.3, 0.4) is 0 Å². The molecule has 1 aromatic heterocycles. The first-order chi connectivity index (χ1) is 7.79. The maximum atomic E-state index is 11.8. The maximum absolute atomic E-state index is 11.8. The number of hydrogen-bond acceptors (Lipinski definition) is 5. The zero-order chi connectivity index (χ0) is 11.4. The zero-order valence-electron chi connectivity index (χ0n) is 9.09. The third-order valence-electron chi connectivity index (χ3n) is 2.53. The summed E-state index contributed by atoms with van der Waals surface area (Å²) in [5, 5.41) is 7.28. The van der Waals surface area contributed by atoms with Gasteiger partial charge < -0.3 is 16.0 Å². The van der Waals surface area contributed by atoms with E-state index in [1.807, 2.05) is 4.90 Å². The molecule has 3 N–H and O–H groups in total. The van der Waals surface area contributed by atoms with Crippen LogP contribution in [0.2, 0.25) is 0 Å². The molecule has 2 rings (SSSR count). The number of carbonyl (C=O) groups excluding carboxylic acids is 1. The normalized spacial score (nSPS) is 16.4. The molecule has 1 aromatic rings. The molecule has 2 heterocycles. The van der Waals surface area contributed by atoms with Crippen molar-refractivity contribution in [3.8, 4) is 0 Å². The molecule has 1 amide bonds. The third kappa shape index (κ3) is 2.56. The van der Waals surface area contributed by atoms with Crippen LogP contribution in [0.5, 0.6) is 0 Å². The molecular weight excluding hydrogens is 208 g/mol. The Morgan fingerprint density at radius 2 is 2.25 bits per heavy atom. The van der Waals surface area contributed by atoms with E-state index in [0.717, 1.165) is 26.2 Å². The maximum Gasteiger partial charge on any atom is 0.244 e. The first kappa shape index (κ1) is 11.0. The third-order valence-corrected chi connectivity index (χ3v) is 2.53. The van der Waals surface area contributed by atoms with E-state index in [4.69, 9.17) is 5.73 Å². The number of hydrogen-bond donors (Lipinski definition) is 2. The lowest BCUT2D eigenvalue weighted by atomic mass is 10.3. The van der Waals surface area contributed by atoms with Crippen LogP contribution < -0.4 is 11.1 Å². The Balaban J connectivity index is 1.90. The fourth-order valence-corrected chi connectivity index (χ4v) is 1.66. The van der Waals surface area contributed by atoms with E-state index in [2.05, 4.69) is 15.4 Å². The number of nitrogens with two attached hydrogens (primary N) is 1. The first-order valence-corrected chi connectivity index (χ1v) is 5.36. The monoisotopic (exact) mass is 224 g/mol. The van der Waals surface area contributed by atoms with E-state index in [9.17, 15) is 4.79 Å². The fourth-order valence-electron chi connectivity index (χ4n) is 1.66. The summed E-state index contributed by atoms with van der Waals surface area (Å²) in [7, 11) is 0. The van der Waals surface area contributed by atoms with E-state index in [0.29, 0.717) is 12.4 Å². The number of amides is 1. The SMILES string of the molecule is NCc1ncn(CC(=O)N2CCNCC2)n1. The molecule has 16 heavy (non-hydrogen) atoms. The van der Waals surface area contributed by atoms with Gasteiger partial charge in [0.15, 0.2) is 5.82 Å². The lowest BCUT2D eigenvalue weighted by Gasteiger charge is -2.27. The van der Waals surface area contributed by atoms with Crippen molar-refractivity contribution in [3.63, 3.8) is 0 Å². The molecule has 0 bridgehead atoms. The van der Waals surface area contributed by atoms with E-state index >= 15 is 0 Å². The summed E-state index contributed by atoms with van der Waals surface area (Å²) < 4.78 is 1.53. The summed E-state index contributed by atoms with van der Waals surface area (Å²) in [5.41, 5.74) is 5.39. The molecule has 0 aliphatic carbocycles. The van der Waals surface area contributed by atoms with Crippen molar-refractivity contribution in [2.75, 3.05) is 26.2 Å². The second-order valence-electron chi connectivity index (χ2n) is 3.69. The number of aromatic nitrogens is 3. The van der Waals surface area contributed by atoms with Crippen molar-refractivity contribution < 1.29 is 4.79 Å². The van der Waals surface area contributed by atoms with Gasteiger partial charge in [-0.15, -0.1) is 0 Å². The van der Waals surface area contributed by atoms with Gasteiger partial charge in [-0.1, -0.05) is 0 Å².